The quantitative estimate of drug-likeness (QED) is 0.674. The number of halogens is 1. The molecule has 0 bridgehead atoms. The van der Waals surface area contributed by atoms with Gasteiger partial charge < -0.3 is 10.2 Å². The number of carbonyl (C=O) groups excluding carboxylic acids is 2. The molecule has 1 saturated carbocycles. The summed E-state index contributed by atoms with van der Waals surface area (Å²) in [6, 6.07) is 7.74. The first-order valence-electron chi connectivity index (χ1n) is 10.4. The molecule has 1 fully saturated rings. The Labute approximate surface area is 168 Å². The van der Waals surface area contributed by atoms with E-state index >= 15 is 0 Å². The van der Waals surface area contributed by atoms with Gasteiger partial charge in [-0.1, -0.05) is 37.6 Å². The topological polar surface area (TPSA) is 49.4 Å². The Bertz CT molecular complexity index is 606. The van der Waals surface area contributed by atoms with Crippen LogP contribution >= 0.6 is 11.6 Å². The first-order chi connectivity index (χ1) is 13.0. The molecule has 0 atom stereocenters. The summed E-state index contributed by atoms with van der Waals surface area (Å²) >= 11 is 5.99. The number of nitrogens with one attached hydrogen (secondary N) is 1. The van der Waals surface area contributed by atoms with Crippen LogP contribution < -0.4 is 5.32 Å². The van der Waals surface area contributed by atoms with Gasteiger partial charge in [0.15, 0.2) is 0 Å². The van der Waals surface area contributed by atoms with Crippen molar-refractivity contribution >= 4 is 23.4 Å². The summed E-state index contributed by atoms with van der Waals surface area (Å²) in [4.78, 5) is 27.2. The molecular weight excluding hydrogens is 360 g/mol. The number of rotatable bonds is 9. The van der Waals surface area contributed by atoms with Crippen LogP contribution in [0.15, 0.2) is 24.3 Å². The third-order valence-corrected chi connectivity index (χ3v) is 5.58. The maximum atomic E-state index is 12.7. The minimum Gasteiger partial charge on any atom is -0.356 e. The van der Waals surface area contributed by atoms with Gasteiger partial charge in [-0.05, 0) is 62.6 Å². The zero-order chi connectivity index (χ0) is 19.6. The Morgan fingerprint density at radius 1 is 1.07 bits per heavy atom. The Morgan fingerprint density at radius 3 is 2.30 bits per heavy atom. The minimum absolute atomic E-state index is 0.0409. The van der Waals surface area contributed by atoms with Crippen LogP contribution in [0, 0.1) is 11.8 Å². The number of benzene rings is 1. The molecule has 150 valence electrons. The van der Waals surface area contributed by atoms with Gasteiger partial charge >= 0.3 is 0 Å². The Balaban J connectivity index is 1.74. The summed E-state index contributed by atoms with van der Waals surface area (Å²) in [6.07, 6.45) is 6.05. The molecule has 27 heavy (non-hydrogen) atoms. The van der Waals surface area contributed by atoms with Crippen molar-refractivity contribution < 1.29 is 9.59 Å². The summed E-state index contributed by atoms with van der Waals surface area (Å²) in [5, 5.41) is 3.77. The standard InChI is InChI=1S/C22H33ClN2O2/c1-3-14-25(15-4-2)22(27)19-10-8-18(9-11-19)21(26)24-13-12-17-6-5-7-20(23)16-17/h5-7,16,18-19H,3-4,8-15H2,1-2H3,(H,24,26). The van der Waals surface area contributed by atoms with Gasteiger partial charge in [0.05, 0.1) is 0 Å². The van der Waals surface area contributed by atoms with E-state index in [1.165, 1.54) is 0 Å². The lowest BCUT2D eigenvalue weighted by Crippen LogP contribution is -2.40. The molecule has 0 spiro atoms. The van der Waals surface area contributed by atoms with Crippen molar-refractivity contribution in [2.75, 3.05) is 19.6 Å². The molecule has 2 amide bonds. The van der Waals surface area contributed by atoms with E-state index in [2.05, 4.69) is 19.2 Å². The van der Waals surface area contributed by atoms with Gasteiger partial charge in [-0.25, -0.2) is 0 Å². The van der Waals surface area contributed by atoms with Crippen LogP contribution in [0.1, 0.15) is 57.9 Å². The lowest BCUT2D eigenvalue weighted by atomic mass is 9.81. The third kappa shape index (κ3) is 6.84. The van der Waals surface area contributed by atoms with Crippen LogP contribution in [-0.4, -0.2) is 36.3 Å². The molecule has 1 aromatic carbocycles. The largest absolute Gasteiger partial charge is 0.356 e. The molecule has 1 N–H and O–H groups in total. The van der Waals surface area contributed by atoms with E-state index in [1.54, 1.807) is 0 Å². The highest BCUT2D eigenvalue weighted by atomic mass is 35.5. The van der Waals surface area contributed by atoms with E-state index in [4.69, 9.17) is 11.6 Å². The molecule has 0 aliphatic heterocycles. The van der Waals surface area contributed by atoms with Crippen LogP contribution in [-0.2, 0) is 16.0 Å². The van der Waals surface area contributed by atoms with E-state index in [1.807, 2.05) is 29.2 Å². The molecule has 0 saturated heterocycles. The number of amides is 2. The highest BCUT2D eigenvalue weighted by Crippen LogP contribution is 2.30. The monoisotopic (exact) mass is 392 g/mol. The normalized spacial score (nSPS) is 19.5. The van der Waals surface area contributed by atoms with Crippen molar-refractivity contribution in [3.63, 3.8) is 0 Å². The number of nitrogens with zero attached hydrogens (tertiary/aromatic N) is 1. The van der Waals surface area contributed by atoms with Crippen molar-refractivity contribution in [3.05, 3.63) is 34.9 Å². The van der Waals surface area contributed by atoms with E-state index in [-0.39, 0.29) is 17.7 Å². The van der Waals surface area contributed by atoms with Crippen molar-refractivity contribution in [1.82, 2.24) is 10.2 Å². The van der Waals surface area contributed by atoms with E-state index < -0.39 is 0 Å². The molecule has 0 aromatic heterocycles. The van der Waals surface area contributed by atoms with Crippen molar-refractivity contribution in [1.29, 1.82) is 0 Å². The summed E-state index contributed by atoms with van der Waals surface area (Å²) in [5.74, 6) is 0.554. The predicted octanol–water partition coefficient (Wildman–Crippen LogP) is 4.45. The molecule has 5 heteroatoms. The van der Waals surface area contributed by atoms with Gasteiger partial charge in [0.25, 0.3) is 0 Å². The second-order valence-electron chi connectivity index (χ2n) is 7.54. The zero-order valence-electron chi connectivity index (χ0n) is 16.7. The second-order valence-corrected chi connectivity index (χ2v) is 7.98. The molecule has 0 heterocycles. The van der Waals surface area contributed by atoms with Gasteiger partial charge in [-0.2, -0.15) is 0 Å². The first-order valence-corrected chi connectivity index (χ1v) is 10.7. The SMILES string of the molecule is CCCN(CCC)C(=O)C1CCC(C(=O)NCCc2cccc(Cl)c2)CC1. The minimum atomic E-state index is 0.0409. The zero-order valence-corrected chi connectivity index (χ0v) is 17.4. The first kappa shape index (κ1) is 21.7. The smallest absolute Gasteiger partial charge is 0.225 e. The summed E-state index contributed by atoms with van der Waals surface area (Å²) < 4.78 is 0. The van der Waals surface area contributed by atoms with E-state index in [0.717, 1.165) is 68.6 Å². The van der Waals surface area contributed by atoms with Crippen molar-refractivity contribution in [2.45, 2.75) is 58.8 Å². The lowest BCUT2D eigenvalue weighted by molar-refractivity contribution is -0.138. The summed E-state index contributed by atoms with van der Waals surface area (Å²) in [5.41, 5.74) is 1.13. The average Bonchev–Trinajstić information content (AvgIpc) is 2.67. The van der Waals surface area contributed by atoms with Crippen molar-refractivity contribution in [2.24, 2.45) is 11.8 Å². The maximum Gasteiger partial charge on any atom is 0.225 e. The van der Waals surface area contributed by atoms with E-state index in [9.17, 15) is 9.59 Å². The highest BCUT2D eigenvalue weighted by molar-refractivity contribution is 6.30. The Kier molecular flexibility index (Phi) is 9.12. The summed E-state index contributed by atoms with van der Waals surface area (Å²) in [6.45, 7) is 6.53. The molecular formula is C22H33ClN2O2. The Morgan fingerprint density at radius 2 is 1.70 bits per heavy atom. The number of hydrogen-bond acceptors (Lipinski definition) is 2. The fourth-order valence-electron chi connectivity index (χ4n) is 3.90. The van der Waals surface area contributed by atoms with Gasteiger partial charge in [0.2, 0.25) is 11.8 Å². The highest BCUT2D eigenvalue weighted by Gasteiger charge is 2.31. The fourth-order valence-corrected chi connectivity index (χ4v) is 4.11. The van der Waals surface area contributed by atoms with Crippen LogP contribution in [0.2, 0.25) is 5.02 Å². The number of hydrogen-bond donors (Lipinski definition) is 1. The van der Waals surface area contributed by atoms with Crippen LogP contribution in [0.5, 0.6) is 0 Å². The molecule has 1 aliphatic rings. The fraction of sp³-hybridized carbons (Fsp3) is 0.636. The summed E-state index contributed by atoms with van der Waals surface area (Å²) in [7, 11) is 0. The molecule has 0 unspecified atom stereocenters. The predicted molar refractivity (Wildman–Crippen MR) is 111 cm³/mol. The van der Waals surface area contributed by atoms with E-state index in [0.29, 0.717) is 12.5 Å². The number of carbonyl (C=O) groups is 2. The Hall–Kier alpha value is -1.55. The van der Waals surface area contributed by atoms with Crippen LogP contribution in [0.25, 0.3) is 0 Å². The molecule has 4 nitrogen and oxygen atoms in total. The van der Waals surface area contributed by atoms with Crippen molar-refractivity contribution in [3.8, 4) is 0 Å². The molecule has 2 rings (SSSR count). The maximum absolute atomic E-state index is 12.7. The molecule has 1 aromatic rings. The third-order valence-electron chi connectivity index (χ3n) is 5.35. The van der Waals surface area contributed by atoms with Crippen LogP contribution in [0.3, 0.4) is 0 Å². The van der Waals surface area contributed by atoms with Gasteiger partial charge in [0, 0.05) is 36.5 Å². The second kappa shape index (κ2) is 11.3. The lowest BCUT2D eigenvalue weighted by Gasteiger charge is -2.31. The van der Waals surface area contributed by atoms with Gasteiger partial charge in [-0.15, -0.1) is 0 Å². The molecule has 1 aliphatic carbocycles. The van der Waals surface area contributed by atoms with Crippen LogP contribution in [0.4, 0.5) is 0 Å². The average molecular weight is 393 g/mol. The van der Waals surface area contributed by atoms with Gasteiger partial charge in [-0.3, -0.25) is 9.59 Å². The molecule has 0 radical (unpaired) electrons. The van der Waals surface area contributed by atoms with Gasteiger partial charge in [0.1, 0.15) is 0 Å².